The molecule has 3 aromatic carbocycles. The van der Waals surface area contributed by atoms with E-state index in [-0.39, 0.29) is 17.6 Å². The van der Waals surface area contributed by atoms with E-state index in [4.69, 9.17) is 14.5 Å². The summed E-state index contributed by atoms with van der Waals surface area (Å²) in [5.74, 6) is 0.886. The van der Waals surface area contributed by atoms with E-state index in [1.54, 1.807) is 20.3 Å². The van der Waals surface area contributed by atoms with Gasteiger partial charge in [-0.25, -0.2) is 4.99 Å². The molecule has 0 saturated carbocycles. The fourth-order valence-electron chi connectivity index (χ4n) is 4.33. The van der Waals surface area contributed by atoms with Crippen LogP contribution < -0.4 is 25.4 Å². The van der Waals surface area contributed by atoms with Crippen LogP contribution in [-0.4, -0.2) is 37.0 Å². The molecule has 1 heterocycles. The van der Waals surface area contributed by atoms with Crippen LogP contribution in [0, 0.1) is 13.8 Å². The number of carbonyl (C=O) groups excluding carboxylic acids is 2. The first-order valence-corrected chi connectivity index (χ1v) is 13.4. The highest BCUT2D eigenvalue weighted by Gasteiger charge is 2.32. The molecule has 0 bridgehead atoms. The maximum Gasteiger partial charge on any atom is 0.255 e. The molecule has 0 aromatic heterocycles. The molecule has 202 valence electrons. The molecule has 0 fully saturated rings. The Balaban J connectivity index is 1.61. The first-order chi connectivity index (χ1) is 18.8. The summed E-state index contributed by atoms with van der Waals surface area (Å²) in [6.07, 6.45) is 0. The smallest absolute Gasteiger partial charge is 0.255 e. The molecule has 3 aromatic rings. The summed E-state index contributed by atoms with van der Waals surface area (Å²) in [7, 11) is 3.15. The second-order valence-electron chi connectivity index (χ2n) is 9.03. The largest absolute Gasteiger partial charge is 0.497 e. The van der Waals surface area contributed by atoms with Crippen molar-refractivity contribution in [2.75, 3.05) is 30.6 Å². The number of methoxy groups -OCH3 is 2. The molecule has 39 heavy (non-hydrogen) atoms. The van der Waals surface area contributed by atoms with Gasteiger partial charge >= 0.3 is 0 Å². The van der Waals surface area contributed by atoms with Gasteiger partial charge in [0.05, 0.1) is 25.5 Å². The van der Waals surface area contributed by atoms with Crippen LogP contribution in [0.5, 0.6) is 11.5 Å². The van der Waals surface area contributed by atoms with Gasteiger partial charge in [0.1, 0.15) is 17.5 Å². The molecule has 4 rings (SSSR count). The predicted molar refractivity (Wildman–Crippen MR) is 158 cm³/mol. The molecule has 1 aliphatic heterocycles. The number of amidine groups is 1. The molecule has 0 spiro atoms. The first kappa shape index (κ1) is 27.8. The molecule has 0 radical (unpaired) electrons. The van der Waals surface area contributed by atoms with Gasteiger partial charge in [-0.1, -0.05) is 48.2 Å². The van der Waals surface area contributed by atoms with E-state index in [1.165, 1.54) is 11.8 Å². The summed E-state index contributed by atoms with van der Waals surface area (Å²) in [6.45, 7) is 5.76. The minimum Gasteiger partial charge on any atom is -0.497 e. The first-order valence-electron chi connectivity index (χ1n) is 12.4. The fourth-order valence-corrected chi connectivity index (χ4v) is 5.07. The SMILES string of the molecule is COc1ccc([C@H]2N=C(SCC(=O)Nc3c(C)cccc3C)NC(C)=C2C(=O)Nc2ccccc2)c(OC)c1. The fraction of sp³-hybridized carbons (Fsp3) is 0.233. The second kappa shape index (κ2) is 12.5. The number of hydrogen-bond acceptors (Lipinski definition) is 7. The van der Waals surface area contributed by atoms with Gasteiger partial charge in [-0.15, -0.1) is 0 Å². The van der Waals surface area contributed by atoms with Crippen molar-refractivity contribution in [2.24, 2.45) is 4.99 Å². The lowest BCUT2D eigenvalue weighted by Gasteiger charge is -2.27. The molecular weight excluding hydrogens is 512 g/mol. The zero-order valence-electron chi connectivity index (χ0n) is 22.6. The van der Waals surface area contributed by atoms with Gasteiger partial charge in [-0.05, 0) is 56.2 Å². The minimum absolute atomic E-state index is 0.144. The van der Waals surface area contributed by atoms with Crippen LogP contribution in [0.1, 0.15) is 29.7 Å². The van der Waals surface area contributed by atoms with E-state index < -0.39 is 6.04 Å². The number of anilines is 2. The summed E-state index contributed by atoms with van der Waals surface area (Å²) >= 11 is 1.27. The van der Waals surface area contributed by atoms with E-state index >= 15 is 0 Å². The zero-order valence-corrected chi connectivity index (χ0v) is 23.4. The van der Waals surface area contributed by atoms with E-state index in [0.717, 1.165) is 16.8 Å². The molecule has 8 nitrogen and oxygen atoms in total. The topological polar surface area (TPSA) is 101 Å². The quantitative estimate of drug-likeness (QED) is 0.341. The van der Waals surface area contributed by atoms with Crippen LogP contribution in [0.2, 0.25) is 0 Å². The zero-order chi connectivity index (χ0) is 27.9. The number of para-hydroxylation sites is 2. The van der Waals surface area contributed by atoms with E-state index in [2.05, 4.69) is 16.0 Å². The number of benzene rings is 3. The van der Waals surface area contributed by atoms with Crippen molar-refractivity contribution >= 4 is 40.1 Å². The Kier molecular flexibility index (Phi) is 8.93. The summed E-state index contributed by atoms with van der Waals surface area (Å²) in [5.41, 5.74) is 5.29. The van der Waals surface area contributed by atoms with Crippen molar-refractivity contribution in [1.82, 2.24) is 5.32 Å². The number of aryl methyl sites for hydroxylation is 2. The number of aliphatic imine (C=N–C) groups is 1. The van der Waals surface area contributed by atoms with Crippen molar-refractivity contribution in [3.05, 3.63) is 94.7 Å². The van der Waals surface area contributed by atoms with Crippen molar-refractivity contribution in [3.8, 4) is 11.5 Å². The van der Waals surface area contributed by atoms with E-state index in [1.807, 2.05) is 81.4 Å². The number of nitrogens with zero attached hydrogens (tertiary/aromatic N) is 1. The average molecular weight is 545 g/mol. The summed E-state index contributed by atoms with van der Waals surface area (Å²) < 4.78 is 11.0. The Bertz CT molecular complexity index is 1420. The number of carbonyl (C=O) groups is 2. The minimum atomic E-state index is -0.667. The van der Waals surface area contributed by atoms with Crippen LogP contribution in [0.4, 0.5) is 11.4 Å². The molecule has 0 saturated heterocycles. The van der Waals surface area contributed by atoms with Crippen molar-refractivity contribution < 1.29 is 19.1 Å². The number of allylic oxidation sites excluding steroid dienone is 1. The lowest BCUT2D eigenvalue weighted by atomic mass is 9.95. The lowest BCUT2D eigenvalue weighted by Crippen LogP contribution is -2.33. The summed E-state index contributed by atoms with van der Waals surface area (Å²) in [5, 5.41) is 9.72. The van der Waals surface area contributed by atoms with Crippen LogP contribution in [0.15, 0.2) is 83.0 Å². The number of nitrogens with one attached hydrogen (secondary N) is 3. The Morgan fingerprint density at radius 3 is 2.31 bits per heavy atom. The lowest BCUT2D eigenvalue weighted by molar-refractivity contribution is -0.114. The Hall–Kier alpha value is -4.24. The van der Waals surface area contributed by atoms with Crippen LogP contribution in [-0.2, 0) is 9.59 Å². The summed E-state index contributed by atoms with van der Waals surface area (Å²) in [4.78, 5) is 31.2. The summed E-state index contributed by atoms with van der Waals surface area (Å²) in [6, 6.07) is 19.9. The Morgan fingerprint density at radius 1 is 0.923 bits per heavy atom. The number of amides is 2. The number of thioether (sulfide) groups is 1. The van der Waals surface area contributed by atoms with E-state index in [9.17, 15) is 9.59 Å². The highest BCUT2D eigenvalue weighted by molar-refractivity contribution is 8.14. The van der Waals surface area contributed by atoms with Crippen molar-refractivity contribution in [3.63, 3.8) is 0 Å². The number of rotatable bonds is 8. The molecule has 3 N–H and O–H groups in total. The van der Waals surface area contributed by atoms with E-state index in [0.29, 0.717) is 39.2 Å². The number of ether oxygens (including phenoxy) is 2. The molecule has 0 aliphatic carbocycles. The third-order valence-electron chi connectivity index (χ3n) is 6.32. The molecular formula is C30H32N4O4S. The number of hydrogen-bond donors (Lipinski definition) is 3. The van der Waals surface area contributed by atoms with Gasteiger partial charge in [-0.2, -0.15) is 0 Å². The molecule has 0 unspecified atom stereocenters. The third-order valence-corrected chi connectivity index (χ3v) is 7.20. The monoisotopic (exact) mass is 544 g/mol. The van der Waals surface area contributed by atoms with Crippen LogP contribution in [0.3, 0.4) is 0 Å². The van der Waals surface area contributed by atoms with Gasteiger partial charge in [0, 0.05) is 28.7 Å². The van der Waals surface area contributed by atoms with Crippen molar-refractivity contribution in [1.29, 1.82) is 0 Å². The van der Waals surface area contributed by atoms with Gasteiger partial charge in [0.25, 0.3) is 5.91 Å². The van der Waals surface area contributed by atoms with Gasteiger partial charge < -0.3 is 25.4 Å². The van der Waals surface area contributed by atoms with Gasteiger partial charge in [-0.3, -0.25) is 9.59 Å². The van der Waals surface area contributed by atoms with Gasteiger partial charge in [0.2, 0.25) is 5.91 Å². The standard InChI is InChI=1S/C30H32N4O4S/c1-18-10-9-11-19(2)27(18)33-25(35)17-39-30-31-20(3)26(29(36)32-21-12-7-6-8-13-21)28(34-30)23-15-14-22(37-4)16-24(23)38-5/h6-16,28H,17H2,1-5H3,(H,31,34)(H,32,36)(H,33,35)/t28-/m1/s1. The second-order valence-corrected chi connectivity index (χ2v) is 10.00. The average Bonchev–Trinajstić information content (AvgIpc) is 2.93. The maximum absolute atomic E-state index is 13.5. The normalized spacial score (nSPS) is 14.7. The van der Waals surface area contributed by atoms with Gasteiger partial charge in [0.15, 0.2) is 5.17 Å². The maximum atomic E-state index is 13.5. The highest BCUT2D eigenvalue weighted by Crippen LogP contribution is 2.39. The molecule has 1 aliphatic rings. The third kappa shape index (κ3) is 6.61. The predicted octanol–water partition coefficient (Wildman–Crippen LogP) is 5.61. The van der Waals surface area contributed by atoms with Crippen LogP contribution >= 0.6 is 11.8 Å². The highest BCUT2D eigenvalue weighted by atomic mass is 32.2. The molecule has 2 amide bonds. The molecule has 9 heteroatoms. The van der Waals surface area contributed by atoms with Crippen LogP contribution in [0.25, 0.3) is 0 Å². The Labute approximate surface area is 232 Å². The molecule has 1 atom stereocenters. The van der Waals surface area contributed by atoms with Crippen molar-refractivity contribution in [2.45, 2.75) is 26.8 Å². The Morgan fingerprint density at radius 2 is 1.64 bits per heavy atom.